The lowest BCUT2D eigenvalue weighted by Crippen LogP contribution is -2.28. The van der Waals surface area contributed by atoms with Crippen molar-refractivity contribution in [3.05, 3.63) is 35.9 Å². The molecule has 0 heterocycles. The van der Waals surface area contributed by atoms with Gasteiger partial charge in [0.05, 0.1) is 18.6 Å². The van der Waals surface area contributed by atoms with Crippen LogP contribution in [0.4, 0.5) is 0 Å². The van der Waals surface area contributed by atoms with Gasteiger partial charge in [0.15, 0.2) is 0 Å². The summed E-state index contributed by atoms with van der Waals surface area (Å²) in [4.78, 5) is 22.9. The average Bonchev–Trinajstić information content (AvgIpc) is 2.49. The van der Waals surface area contributed by atoms with Crippen molar-refractivity contribution >= 4 is 17.7 Å². The Kier molecular flexibility index (Phi) is 7.25. The van der Waals surface area contributed by atoms with Crippen LogP contribution in [0, 0.1) is 11.3 Å². The van der Waals surface area contributed by atoms with Crippen molar-refractivity contribution in [2.75, 3.05) is 6.61 Å². The maximum atomic E-state index is 11.7. The molecule has 0 saturated heterocycles. The third-order valence-corrected chi connectivity index (χ3v) is 2.89. The first-order valence-electron chi connectivity index (χ1n) is 7.03. The van der Waals surface area contributed by atoms with Crippen molar-refractivity contribution in [3.63, 3.8) is 0 Å². The summed E-state index contributed by atoms with van der Waals surface area (Å²) in [6, 6.07) is 9.08. The molecule has 1 atom stereocenters. The Bertz CT molecular complexity index is 513. The van der Waals surface area contributed by atoms with Gasteiger partial charge in [-0.1, -0.05) is 30.3 Å². The molecule has 1 aromatic rings. The van der Waals surface area contributed by atoms with Crippen LogP contribution in [0.2, 0.25) is 0 Å². The summed E-state index contributed by atoms with van der Waals surface area (Å²) in [7, 11) is 0. The molecule has 0 radical (unpaired) electrons. The molecule has 6 nitrogen and oxygen atoms in total. The molecular formula is C16H21NO5. The number of esters is 1. The third kappa shape index (κ3) is 6.49. The van der Waals surface area contributed by atoms with E-state index in [0.29, 0.717) is 0 Å². The van der Waals surface area contributed by atoms with E-state index in [1.807, 2.05) is 18.2 Å². The summed E-state index contributed by atoms with van der Waals surface area (Å²) < 4.78 is 10.2. The fraction of sp³-hybridized carbons (Fsp3) is 0.438. The van der Waals surface area contributed by atoms with E-state index in [0.717, 1.165) is 5.56 Å². The van der Waals surface area contributed by atoms with E-state index in [2.05, 4.69) is 0 Å². The van der Waals surface area contributed by atoms with Gasteiger partial charge in [-0.15, -0.1) is 0 Å². The van der Waals surface area contributed by atoms with E-state index in [-0.39, 0.29) is 31.5 Å². The molecule has 0 aliphatic carbocycles. The number of carboxylic acids is 1. The molecule has 6 heteroatoms. The molecule has 0 aliphatic rings. The van der Waals surface area contributed by atoms with Gasteiger partial charge >= 0.3 is 11.9 Å². The van der Waals surface area contributed by atoms with Crippen LogP contribution in [-0.2, 0) is 25.7 Å². The van der Waals surface area contributed by atoms with Gasteiger partial charge in [0, 0.05) is 6.42 Å². The summed E-state index contributed by atoms with van der Waals surface area (Å²) in [5.74, 6) is -2.83. The summed E-state index contributed by atoms with van der Waals surface area (Å²) in [6.45, 7) is 3.60. The lowest BCUT2D eigenvalue weighted by molar-refractivity contribution is -0.144. The summed E-state index contributed by atoms with van der Waals surface area (Å²) >= 11 is 0. The number of ether oxygens (including phenoxy) is 2. The van der Waals surface area contributed by atoms with Gasteiger partial charge in [0.1, 0.15) is 12.3 Å². The van der Waals surface area contributed by atoms with Crippen molar-refractivity contribution in [1.29, 1.82) is 5.41 Å². The van der Waals surface area contributed by atoms with Crippen molar-refractivity contribution < 1.29 is 24.2 Å². The fourth-order valence-electron chi connectivity index (χ4n) is 1.67. The van der Waals surface area contributed by atoms with Gasteiger partial charge in [-0.2, -0.15) is 0 Å². The number of hydrogen-bond donors (Lipinski definition) is 2. The highest BCUT2D eigenvalue weighted by Gasteiger charge is 2.24. The van der Waals surface area contributed by atoms with Gasteiger partial charge in [0.2, 0.25) is 0 Å². The van der Waals surface area contributed by atoms with Crippen molar-refractivity contribution in [2.45, 2.75) is 33.0 Å². The maximum Gasteiger partial charge on any atom is 0.352 e. The molecule has 22 heavy (non-hydrogen) atoms. The Hall–Kier alpha value is -2.21. The molecule has 0 aromatic heterocycles. The van der Waals surface area contributed by atoms with Gasteiger partial charge in [-0.25, -0.2) is 4.79 Å². The van der Waals surface area contributed by atoms with Crippen LogP contribution < -0.4 is 0 Å². The third-order valence-electron chi connectivity index (χ3n) is 2.89. The zero-order valence-corrected chi connectivity index (χ0v) is 12.7. The van der Waals surface area contributed by atoms with Gasteiger partial charge in [-0.05, 0) is 19.4 Å². The molecule has 120 valence electrons. The largest absolute Gasteiger partial charge is 0.481 e. The second kappa shape index (κ2) is 8.94. The minimum absolute atomic E-state index is 0.0403. The Labute approximate surface area is 129 Å². The molecule has 1 unspecified atom stereocenters. The maximum absolute atomic E-state index is 11.7. The number of benzene rings is 1. The zero-order chi connectivity index (χ0) is 16.5. The first-order valence-corrected chi connectivity index (χ1v) is 7.03. The molecule has 1 rings (SSSR count). The Balaban J connectivity index is 2.47. The quantitative estimate of drug-likeness (QED) is 0.539. The molecule has 0 saturated carbocycles. The van der Waals surface area contributed by atoms with Gasteiger partial charge < -0.3 is 14.6 Å². The minimum Gasteiger partial charge on any atom is -0.481 e. The summed E-state index contributed by atoms with van der Waals surface area (Å²) in [6.07, 6.45) is -0.323. The fourth-order valence-corrected chi connectivity index (χ4v) is 1.67. The molecule has 1 aromatic carbocycles. The number of nitrogens with one attached hydrogen (secondary N) is 1. The topological polar surface area (TPSA) is 96.7 Å². The second-order valence-corrected chi connectivity index (χ2v) is 5.16. The standard InChI is InChI=1S/C16H21NO5/c1-11(2)21-10-13(15(18)19)8-14(17)16(20)22-9-12-6-4-3-5-7-12/h3-7,11,13,17H,8-10H2,1-2H3,(H,18,19). The first-order chi connectivity index (χ1) is 10.4. The normalized spacial score (nSPS) is 12.0. The van der Waals surface area contributed by atoms with Crippen LogP contribution in [0.1, 0.15) is 25.8 Å². The van der Waals surface area contributed by atoms with Gasteiger partial charge in [0.25, 0.3) is 0 Å². The summed E-state index contributed by atoms with van der Waals surface area (Å²) in [5.41, 5.74) is 0.442. The zero-order valence-electron chi connectivity index (χ0n) is 12.7. The van der Waals surface area contributed by atoms with E-state index in [1.54, 1.807) is 26.0 Å². The van der Waals surface area contributed by atoms with E-state index < -0.39 is 17.9 Å². The molecule has 0 bridgehead atoms. The molecule has 0 fully saturated rings. The van der Waals surface area contributed by atoms with Crippen molar-refractivity contribution in [1.82, 2.24) is 0 Å². The highest BCUT2D eigenvalue weighted by molar-refractivity contribution is 6.35. The summed E-state index contributed by atoms with van der Waals surface area (Å²) in [5, 5.41) is 16.8. The van der Waals surface area contributed by atoms with Crippen LogP contribution in [0.3, 0.4) is 0 Å². The van der Waals surface area contributed by atoms with E-state index in [4.69, 9.17) is 20.0 Å². The second-order valence-electron chi connectivity index (χ2n) is 5.16. The Morgan fingerprint density at radius 1 is 1.23 bits per heavy atom. The predicted molar refractivity (Wildman–Crippen MR) is 80.8 cm³/mol. The number of carbonyl (C=O) groups is 2. The van der Waals surface area contributed by atoms with Crippen LogP contribution in [0.5, 0.6) is 0 Å². The molecule has 0 aliphatic heterocycles. The Morgan fingerprint density at radius 2 is 1.86 bits per heavy atom. The predicted octanol–water partition coefficient (Wildman–Crippen LogP) is 2.27. The molecule has 0 spiro atoms. The Morgan fingerprint density at radius 3 is 2.41 bits per heavy atom. The monoisotopic (exact) mass is 307 g/mol. The van der Waals surface area contributed by atoms with Crippen molar-refractivity contribution in [2.24, 2.45) is 5.92 Å². The first kappa shape index (κ1) is 17.8. The van der Waals surface area contributed by atoms with Crippen LogP contribution in [0.25, 0.3) is 0 Å². The smallest absolute Gasteiger partial charge is 0.352 e. The highest BCUT2D eigenvalue weighted by Crippen LogP contribution is 2.09. The minimum atomic E-state index is -1.10. The number of hydrogen-bond acceptors (Lipinski definition) is 5. The van der Waals surface area contributed by atoms with Crippen LogP contribution in [0.15, 0.2) is 30.3 Å². The number of rotatable bonds is 9. The number of carboxylic acid groups (broad SMARTS) is 1. The van der Waals surface area contributed by atoms with E-state index >= 15 is 0 Å². The average molecular weight is 307 g/mol. The number of aliphatic carboxylic acids is 1. The number of carbonyl (C=O) groups excluding carboxylic acids is 1. The lowest BCUT2D eigenvalue weighted by atomic mass is 10.0. The van der Waals surface area contributed by atoms with E-state index in [1.165, 1.54) is 0 Å². The van der Waals surface area contributed by atoms with Crippen LogP contribution >= 0.6 is 0 Å². The van der Waals surface area contributed by atoms with Gasteiger partial charge in [-0.3, -0.25) is 10.2 Å². The lowest BCUT2D eigenvalue weighted by Gasteiger charge is -2.15. The molecule has 2 N–H and O–H groups in total. The van der Waals surface area contributed by atoms with Crippen LogP contribution in [-0.4, -0.2) is 35.5 Å². The van der Waals surface area contributed by atoms with E-state index in [9.17, 15) is 9.59 Å². The molecule has 0 amide bonds. The van der Waals surface area contributed by atoms with Crippen molar-refractivity contribution in [3.8, 4) is 0 Å². The SMILES string of the molecule is CC(C)OCC(CC(=N)C(=O)OCc1ccccc1)C(=O)O. The molecular weight excluding hydrogens is 286 g/mol. The highest BCUT2D eigenvalue weighted by atomic mass is 16.5.